The number of aromatic nitrogens is 2. The van der Waals surface area contributed by atoms with Crippen LogP contribution in [0.1, 0.15) is 19.4 Å². The maximum Gasteiger partial charge on any atom is 0.225 e. The number of nitrogen functional groups attached to an aromatic ring is 1. The monoisotopic (exact) mass is 272 g/mol. The first-order valence-corrected chi connectivity index (χ1v) is 6.59. The molecule has 0 atom stereocenters. The average molecular weight is 272 g/mol. The van der Waals surface area contributed by atoms with Gasteiger partial charge in [-0.3, -0.25) is 0 Å². The Morgan fingerprint density at radius 3 is 2.50 bits per heavy atom. The molecule has 0 aliphatic rings. The van der Waals surface area contributed by atoms with Gasteiger partial charge in [-0.1, -0.05) is 30.3 Å². The highest BCUT2D eigenvalue weighted by molar-refractivity contribution is 5.46. The Hall–Kier alpha value is -2.30. The predicted molar refractivity (Wildman–Crippen MR) is 80.8 cm³/mol. The Kier molecular flexibility index (Phi) is 4.40. The van der Waals surface area contributed by atoms with Crippen molar-refractivity contribution in [2.75, 3.05) is 17.7 Å². The van der Waals surface area contributed by atoms with Crippen molar-refractivity contribution in [1.82, 2.24) is 9.97 Å². The van der Waals surface area contributed by atoms with Gasteiger partial charge in [-0.15, -0.1) is 0 Å². The molecule has 2 rings (SSSR count). The molecular weight excluding hydrogens is 252 g/mol. The first kappa shape index (κ1) is 14.1. The number of nitrogens with two attached hydrogens (primary N) is 1. The number of methoxy groups -OCH3 is 1. The molecule has 0 radical (unpaired) electrons. The van der Waals surface area contributed by atoms with Crippen LogP contribution in [0, 0.1) is 0 Å². The molecular formula is C15H20N4O. The molecule has 0 aliphatic carbocycles. The normalized spacial score (nSPS) is 10.6. The van der Waals surface area contributed by atoms with Crippen LogP contribution in [-0.4, -0.2) is 23.1 Å². The van der Waals surface area contributed by atoms with Crippen LogP contribution in [-0.2, 0) is 6.54 Å². The molecule has 20 heavy (non-hydrogen) atoms. The molecule has 2 aromatic rings. The van der Waals surface area contributed by atoms with Gasteiger partial charge < -0.3 is 15.4 Å². The lowest BCUT2D eigenvalue weighted by Gasteiger charge is -2.28. The van der Waals surface area contributed by atoms with E-state index in [1.54, 1.807) is 13.2 Å². The molecule has 0 bridgehead atoms. The fourth-order valence-corrected chi connectivity index (χ4v) is 1.99. The van der Waals surface area contributed by atoms with E-state index in [9.17, 15) is 0 Å². The minimum Gasteiger partial charge on any atom is -0.481 e. The van der Waals surface area contributed by atoms with Crippen molar-refractivity contribution in [2.45, 2.75) is 26.4 Å². The molecule has 106 valence electrons. The second kappa shape index (κ2) is 6.23. The van der Waals surface area contributed by atoms with Crippen LogP contribution in [0.5, 0.6) is 5.88 Å². The van der Waals surface area contributed by atoms with E-state index in [1.165, 1.54) is 5.56 Å². The van der Waals surface area contributed by atoms with E-state index in [0.717, 1.165) is 12.4 Å². The van der Waals surface area contributed by atoms with Crippen LogP contribution in [0.15, 0.2) is 36.4 Å². The fourth-order valence-electron chi connectivity index (χ4n) is 1.99. The first-order chi connectivity index (χ1) is 9.60. The number of anilines is 2. The molecule has 0 amide bonds. The smallest absolute Gasteiger partial charge is 0.225 e. The molecule has 2 N–H and O–H groups in total. The summed E-state index contributed by atoms with van der Waals surface area (Å²) in [5.41, 5.74) is 6.96. The number of hydrogen-bond acceptors (Lipinski definition) is 5. The molecule has 0 saturated heterocycles. The summed E-state index contributed by atoms with van der Waals surface area (Å²) in [6.07, 6.45) is 0. The molecule has 1 aromatic carbocycles. The number of rotatable bonds is 5. The lowest BCUT2D eigenvalue weighted by atomic mass is 10.2. The summed E-state index contributed by atoms with van der Waals surface area (Å²) < 4.78 is 5.16. The van der Waals surface area contributed by atoms with E-state index < -0.39 is 0 Å². The van der Waals surface area contributed by atoms with E-state index in [-0.39, 0.29) is 12.0 Å². The average Bonchev–Trinajstić information content (AvgIpc) is 2.44. The van der Waals surface area contributed by atoms with E-state index in [1.807, 2.05) is 18.2 Å². The standard InChI is InChI=1S/C15H20N4O/c1-11(2)19(10-12-7-5-4-6-8-12)13-9-14(20-3)18-15(16)17-13/h4-9,11H,10H2,1-3H3,(H2,16,17,18). The van der Waals surface area contributed by atoms with Gasteiger partial charge in [-0.05, 0) is 19.4 Å². The number of benzene rings is 1. The lowest BCUT2D eigenvalue weighted by molar-refractivity contribution is 0.397. The molecule has 0 unspecified atom stereocenters. The Bertz CT molecular complexity index is 557. The molecule has 0 saturated carbocycles. The third kappa shape index (κ3) is 3.38. The molecule has 1 heterocycles. The van der Waals surface area contributed by atoms with Gasteiger partial charge in [0.25, 0.3) is 0 Å². The van der Waals surface area contributed by atoms with Crippen molar-refractivity contribution in [1.29, 1.82) is 0 Å². The third-order valence-corrected chi connectivity index (χ3v) is 3.03. The summed E-state index contributed by atoms with van der Waals surface area (Å²) in [5.74, 6) is 1.47. The molecule has 0 fully saturated rings. The zero-order valence-corrected chi connectivity index (χ0v) is 12.1. The fraction of sp³-hybridized carbons (Fsp3) is 0.333. The molecule has 5 heteroatoms. The molecule has 5 nitrogen and oxygen atoms in total. The number of hydrogen-bond donors (Lipinski definition) is 1. The van der Waals surface area contributed by atoms with Crippen LogP contribution < -0.4 is 15.4 Å². The van der Waals surface area contributed by atoms with Crippen molar-refractivity contribution >= 4 is 11.8 Å². The summed E-state index contributed by atoms with van der Waals surface area (Å²) in [7, 11) is 1.57. The summed E-state index contributed by atoms with van der Waals surface area (Å²) in [6.45, 7) is 5.00. The van der Waals surface area contributed by atoms with Gasteiger partial charge in [0.15, 0.2) is 0 Å². The number of nitrogens with zero attached hydrogens (tertiary/aromatic N) is 3. The lowest BCUT2D eigenvalue weighted by Crippen LogP contribution is -2.31. The highest BCUT2D eigenvalue weighted by Gasteiger charge is 2.15. The highest BCUT2D eigenvalue weighted by atomic mass is 16.5. The maximum atomic E-state index is 5.74. The Morgan fingerprint density at radius 2 is 1.90 bits per heavy atom. The first-order valence-electron chi connectivity index (χ1n) is 6.59. The molecule has 0 aliphatic heterocycles. The van der Waals surface area contributed by atoms with Crippen LogP contribution >= 0.6 is 0 Å². The second-order valence-corrected chi connectivity index (χ2v) is 4.83. The summed E-state index contributed by atoms with van der Waals surface area (Å²) >= 11 is 0. The van der Waals surface area contributed by atoms with Crippen molar-refractivity contribution in [2.24, 2.45) is 0 Å². The SMILES string of the molecule is COc1cc(N(Cc2ccccc2)C(C)C)nc(N)n1. The number of ether oxygens (including phenoxy) is 1. The minimum atomic E-state index is 0.220. The van der Waals surface area contributed by atoms with E-state index in [2.05, 4.69) is 40.8 Å². The Labute approximate surface area is 119 Å². The van der Waals surface area contributed by atoms with Gasteiger partial charge >= 0.3 is 0 Å². The van der Waals surface area contributed by atoms with E-state index in [0.29, 0.717) is 5.88 Å². The van der Waals surface area contributed by atoms with Gasteiger partial charge in [-0.25, -0.2) is 0 Å². The quantitative estimate of drug-likeness (QED) is 0.906. The van der Waals surface area contributed by atoms with Gasteiger partial charge in [0.2, 0.25) is 11.8 Å². The Morgan fingerprint density at radius 1 is 1.20 bits per heavy atom. The van der Waals surface area contributed by atoms with Crippen molar-refractivity contribution < 1.29 is 4.74 Å². The minimum absolute atomic E-state index is 0.220. The van der Waals surface area contributed by atoms with Crippen molar-refractivity contribution in [3.8, 4) is 5.88 Å². The maximum absolute atomic E-state index is 5.74. The van der Waals surface area contributed by atoms with Gasteiger partial charge in [0, 0.05) is 18.7 Å². The van der Waals surface area contributed by atoms with Crippen molar-refractivity contribution in [3.63, 3.8) is 0 Å². The predicted octanol–water partition coefficient (Wildman–Crippen LogP) is 2.48. The topological polar surface area (TPSA) is 64.3 Å². The third-order valence-electron chi connectivity index (χ3n) is 3.03. The van der Waals surface area contributed by atoms with Crippen LogP contribution in [0.25, 0.3) is 0 Å². The van der Waals surface area contributed by atoms with Crippen molar-refractivity contribution in [3.05, 3.63) is 42.0 Å². The molecule has 0 spiro atoms. The summed E-state index contributed by atoms with van der Waals surface area (Å²) in [6, 6.07) is 12.3. The van der Waals surface area contributed by atoms with Crippen LogP contribution in [0.4, 0.5) is 11.8 Å². The summed E-state index contributed by atoms with van der Waals surface area (Å²) in [5, 5.41) is 0. The zero-order chi connectivity index (χ0) is 14.5. The van der Waals surface area contributed by atoms with Gasteiger partial charge in [-0.2, -0.15) is 9.97 Å². The zero-order valence-electron chi connectivity index (χ0n) is 12.1. The Balaban J connectivity index is 2.31. The highest BCUT2D eigenvalue weighted by Crippen LogP contribution is 2.22. The van der Waals surface area contributed by atoms with E-state index >= 15 is 0 Å². The van der Waals surface area contributed by atoms with Gasteiger partial charge in [0.05, 0.1) is 7.11 Å². The van der Waals surface area contributed by atoms with Crippen LogP contribution in [0.2, 0.25) is 0 Å². The van der Waals surface area contributed by atoms with Crippen LogP contribution in [0.3, 0.4) is 0 Å². The summed E-state index contributed by atoms with van der Waals surface area (Å²) in [4.78, 5) is 10.5. The van der Waals surface area contributed by atoms with Gasteiger partial charge in [0.1, 0.15) is 5.82 Å². The van der Waals surface area contributed by atoms with E-state index in [4.69, 9.17) is 10.5 Å². The molecule has 1 aromatic heterocycles. The second-order valence-electron chi connectivity index (χ2n) is 4.83. The largest absolute Gasteiger partial charge is 0.481 e.